The zero-order chi connectivity index (χ0) is 12.7. The Bertz CT molecular complexity index is 316. The van der Waals surface area contributed by atoms with Crippen molar-refractivity contribution in [1.29, 1.82) is 0 Å². The molecule has 1 aliphatic heterocycles. The number of aliphatic carboxylic acids is 1. The van der Waals surface area contributed by atoms with Gasteiger partial charge in [-0.15, -0.1) is 0 Å². The number of likely N-dealkylation sites (tertiary alicyclic amines) is 1. The lowest BCUT2D eigenvalue weighted by molar-refractivity contribution is -0.159. The second-order valence-electron chi connectivity index (χ2n) is 5.84. The van der Waals surface area contributed by atoms with Crippen LogP contribution < -0.4 is 0 Å². The Morgan fingerprint density at radius 1 is 1.38 bits per heavy atom. The Balaban J connectivity index is 2.70. The molecule has 0 unspecified atom stereocenters. The molecule has 1 rings (SSSR count). The zero-order valence-corrected chi connectivity index (χ0v) is 10.4. The summed E-state index contributed by atoms with van der Waals surface area (Å²) < 4.78 is 5.14. The quantitative estimate of drug-likeness (QED) is 0.743. The first-order valence-corrected chi connectivity index (χ1v) is 5.27. The van der Waals surface area contributed by atoms with Gasteiger partial charge in [0.2, 0.25) is 0 Å². The predicted octanol–water partition coefficient (Wildman–Crippen LogP) is 1.72. The van der Waals surface area contributed by atoms with Gasteiger partial charge >= 0.3 is 12.1 Å². The lowest BCUT2D eigenvalue weighted by Crippen LogP contribution is -2.67. The number of hydrogen-bond acceptors (Lipinski definition) is 3. The van der Waals surface area contributed by atoms with Crippen molar-refractivity contribution in [3.8, 4) is 0 Å². The molecule has 1 N–H and O–H groups in total. The van der Waals surface area contributed by atoms with Crippen molar-refractivity contribution in [2.45, 2.75) is 46.3 Å². The maximum atomic E-state index is 11.7. The van der Waals surface area contributed by atoms with Gasteiger partial charge in [-0.05, 0) is 20.8 Å². The summed E-state index contributed by atoms with van der Waals surface area (Å²) in [6.45, 7) is 9.33. The van der Waals surface area contributed by atoms with E-state index < -0.39 is 23.7 Å². The van der Waals surface area contributed by atoms with Gasteiger partial charge in [0.05, 0.1) is 0 Å². The standard InChI is InChI=1S/C11H19NO4/c1-10(2,3)16-9(15)12-6-11(4,5)7(12)8(13)14/h7H,6H2,1-5H3,(H,13,14)/t7-/m1/s1. The number of hydrogen-bond donors (Lipinski definition) is 1. The van der Waals surface area contributed by atoms with Crippen LogP contribution in [0.15, 0.2) is 0 Å². The van der Waals surface area contributed by atoms with E-state index in [2.05, 4.69) is 0 Å². The molecule has 92 valence electrons. The Morgan fingerprint density at radius 2 is 1.88 bits per heavy atom. The van der Waals surface area contributed by atoms with Crippen LogP contribution in [0.3, 0.4) is 0 Å². The fourth-order valence-electron chi connectivity index (χ4n) is 1.88. The highest BCUT2D eigenvalue weighted by Crippen LogP contribution is 2.37. The molecular weight excluding hydrogens is 210 g/mol. The molecule has 0 aromatic rings. The van der Waals surface area contributed by atoms with Crippen LogP contribution in [0.1, 0.15) is 34.6 Å². The average Bonchev–Trinajstić information content (AvgIpc) is 1.95. The van der Waals surface area contributed by atoms with Crippen molar-refractivity contribution in [2.24, 2.45) is 5.41 Å². The summed E-state index contributed by atoms with van der Waals surface area (Å²) in [6.07, 6.45) is -0.556. The van der Waals surface area contributed by atoms with Crippen molar-refractivity contribution in [2.75, 3.05) is 6.54 Å². The zero-order valence-electron chi connectivity index (χ0n) is 10.4. The number of rotatable bonds is 1. The van der Waals surface area contributed by atoms with Gasteiger partial charge in [-0.2, -0.15) is 0 Å². The van der Waals surface area contributed by atoms with Crippen molar-refractivity contribution in [3.63, 3.8) is 0 Å². The Labute approximate surface area is 95.4 Å². The van der Waals surface area contributed by atoms with Gasteiger partial charge in [-0.25, -0.2) is 9.59 Å². The van der Waals surface area contributed by atoms with E-state index in [1.807, 2.05) is 13.8 Å². The molecule has 0 radical (unpaired) electrons. The number of nitrogens with zero attached hydrogens (tertiary/aromatic N) is 1. The molecule has 0 bridgehead atoms. The van der Waals surface area contributed by atoms with Gasteiger partial charge in [0.15, 0.2) is 0 Å². The fraction of sp³-hybridized carbons (Fsp3) is 0.818. The SMILES string of the molecule is CC(C)(C)OC(=O)N1CC(C)(C)[C@H]1C(=O)O. The molecule has 1 aliphatic rings. The largest absolute Gasteiger partial charge is 0.480 e. The second-order valence-corrected chi connectivity index (χ2v) is 5.84. The van der Waals surface area contributed by atoms with E-state index in [1.54, 1.807) is 20.8 Å². The molecule has 0 aromatic carbocycles. The number of amides is 1. The minimum absolute atomic E-state index is 0.386. The maximum Gasteiger partial charge on any atom is 0.411 e. The molecule has 1 saturated heterocycles. The molecule has 16 heavy (non-hydrogen) atoms. The molecule has 1 heterocycles. The van der Waals surface area contributed by atoms with Crippen molar-refractivity contribution >= 4 is 12.1 Å². The molecule has 0 aliphatic carbocycles. The fourth-order valence-corrected chi connectivity index (χ4v) is 1.88. The first kappa shape index (κ1) is 12.8. The Hall–Kier alpha value is -1.26. The molecule has 0 aromatic heterocycles. The van der Waals surface area contributed by atoms with Gasteiger partial charge in [0, 0.05) is 12.0 Å². The second kappa shape index (κ2) is 3.64. The summed E-state index contributed by atoms with van der Waals surface area (Å²) in [5.74, 6) is -0.984. The van der Waals surface area contributed by atoms with Crippen LogP contribution in [-0.2, 0) is 9.53 Å². The van der Waals surface area contributed by atoms with Crippen LogP contribution in [0.5, 0.6) is 0 Å². The lowest BCUT2D eigenvalue weighted by atomic mass is 9.75. The predicted molar refractivity (Wildman–Crippen MR) is 58.1 cm³/mol. The highest BCUT2D eigenvalue weighted by molar-refractivity contribution is 5.83. The van der Waals surface area contributed by atoms with Crippen molar-refractivity contribution in [3.05, 3.63) is 0 Å². The third-order valence-electron chi connectivity index (χ3n) is 2.49. The van der Waals surface area contributed by atoms with E-state index in [9.17, 15) is 9.59 Å². The van der Waals surface area contributed by atoms with E-state index >= 15 is 0 Å². The summed E-state index contributed by atoms with van der Waals surface area (Å²) in [4.78, 5) is 24.0. The molecule has 1 fully saturated rings. The van der Waals surface area contributed by atoms with Gasteiger partial charge in [-0.3, -0.25) is 4.90 Å². The third kappa shape index (κ3) is 2.46. The summed E-state index contributed by atoms with van der Waals surface area (Å²) in [7, 11) is 0. The number of carbonyl (C=O) groups is 2. The Kier molecular flexibility index (Phi) is 2.92. The van der Waals surface area contributed by atoms with Crippen molar-refractivity contribution in [1.82, 2.24) is 4.90 Å². The van der Waals surface area contributed by atoms with Gasteiger partial charge in [0.25, 0.3) is 0 Å². The molecule has 0 saturated carbocycles. The minimum Gasteiger partial charge on any atom is -0.480 e. The summed E-state index contributed by atoms with van der Waals surface area (Å²) in [5, 5.41) is 9.04. The highest BCUT2D eigenvalue weighted by Gasteiger charge is 2.53. The van der Waals surface area contributed by atoms with Crippen LogP contribution in [0.25, 0.3) is 0 Å². The number of carboxylic acids is 1. The summed E-state index contributed by atoms with van der Waals surface area (Å²) in [6, 6.07) is -0.789. The summed E-state index contributed by atoms with van der Waals surface area (Å²) >= 11 is 0. The van der Waals surface area contributed by atoms with E-state index in [0.717, 1.165) is 0 Å². The third-order valence-corrected chi connectivity index (χ3v) is 2.49. The van der Waals surface area contributed by atoms with E-state index in [0.29, 0.717) is 6.54 Å². The molecular formula is C11H19NO4. The van der Waals surface area contributed by atoms with Crippen LogP contribution in [0, 0.1) is 5.41 Å². The Morgan fingerprint density at radius 3 is 2.19 bits per heavy atom. The lowest BCUT2D eigenvalue weighted by Gasteiger charge is -2.51. The molecule has 5 heteroatoms. The molecule has 1 amide bonds. The topological polar surface area (TPSA) is 66.8 Å². The van der Waals surface area contributed by atoms with Crippen LogP contribution in [-0.4, -0.2) is 40.3 Å². The first-order chi connectivity index (χ1) is 7.04. The minimum atomic E-state index is -0.984. The molecule has 5 nitrogen and oxygen atoms in total. The number of ether oxygens (including phenoxy) is 1. The maximum absolute atomic E-state index is 11.7. The number of carbonyl (C=O) groups excluding carboxylic acids is 1. The van der Waals surface area contributed by atoms with Crippen LogP contribution >= 0.6 is 0 Å². The smallest absolute Gasteiger partial charge is 0.411 e. The monoisotopic (exact) mass is 229 g/mol. The summed E-state index contributed by atoms with van der Waals surface area (Å²) in [5.41, 5.74) is -0.984. The van der Waals surface area contributed by atoms with Gasteiger partial charge in [0.1, 0.15) is 11.6 Å². The van der Waals surface area contributed by atoms with Crippen LogP contribution in [0.2, 0.25) is 0 Å². The van der Waals surface area contributed by atoms with Crippen molar-refractivity contribution < 1.29 is 19.4 Å². The molecule has 1 atom stereocenters. The highest BCUT2D eigenvalue weighted by atomic mass is 16.6. The van der Waals surface area contributed by atoms with E-state index in [-0.39, 0.29) is 5.41 Å². The van der Waals surface area contributed by atoms with E-state index in [4.69, 9.17) is 9.84 Å². The normalized spacial score (nSPS) is 23.6. The van der Waals surface area contributed by atoms with Gasteiger partial charge in [-0.1, -0.05) is 13.8 Å². The van der Waals surface area contributed by atoms with Gasteiger partial charge < -0.3 is 9.84 Å². The van der Waals surface area contributed by atoms with Crippen LogP contribution in [0.4, 0.5) is 4.79 Å². The molecule has 0 spiro atoms. The first-order valence-electron chi connectivity index (χ1n) is 5.27. The average molecular weight is 229 g/mol. The number of carboxylic acid groups (broad SMARTS) is 1. The van der Waals surface area contributed by atoms with E-state index in [1.165, 1.54) is 4.90 Å².